The predicted octanol–water partition coefficient (Wildman–Crippen LogP) is 9.72. The summed E-state index contributed by atoms with van der Waals surface area (Å²) in [7, 11) is 0. The van der Waals surface area contributed by atoms with E-state index in [1.165, 1.54) is 16.7 Å². The van der Waals surface area contributed by atoms with Crippen molar-refractivity contribution in [2.45, 2.75) is 78.6 Å². The van der Waals surface area contributed by atoms with E-state index in [0.29, 0.717) is 11.5 Å². The van der Waals surface area contributed by atoms with Gasteiger partial charge in [-0.25, -0.2) is 4.98 Å². The Labute approximate surface area is 310 Å². The molecule has 7 rings (SSSR count). The Morgan fingerprint density at radius 1 is 0.700 bits per heavy atom. The van der Waals surface area contributed by atoms with E-state index in [2.05, 4.69) is 151 Å². The van der Waals surface area contributed by atoms with Gasteiger partial charge in [0.1, 0.15) is 5.82 Å². The SMILES string of the molecule is CC(C)(C)c1cc(-[n+]2[c-]n(-c3[c-]c(Oc4[c-]c5c(cc4)c4ccccc4n5-c4cc(C(C)(C)C)ccn4)cnc3)cc2)cc(C(C)(C)C)c1.[Pt]. The van der Waals surface area contributed by atoms with Crippen LogP contribution in [-0.2, 0) is 37.3 Å². The number of aromatic nitrogens is 5. The molecule has 4 aromatic heterocycles. The van der Waals surface area contributed by atoms with Crippen molar-refractivity contribution in [2.24, 2.45) is 0 Å². The molecule has 0 aliphatic rings. The average molecular weight is 841 g/mol. The first-order valence-electron chi connectivity index (χ1n) is 16.8. The summed E-state index contributed by atoms with van der Waals surface area (Å²) in [6.07, 6.45) is 12.8. The molecule has 7 heteroatoms. The van der Waals surface area contributed by atoms with Gasteiger partial charge < -0.3 is 18.9 Å². The number of benzene rings is 3. The van der Waals surface area contributed by atoms with E-state index < -0.39 is 0 Å². The fourth-order valence-corrected chi connectivity index (χ4v) is 6.05. The van der Waals surface area contributed by atoms with Gasteiger partial charge in [-0.05, 0) is 80.5 Å². The number of hydrogen-bond donors (Lipinski definition) is 0. The van der Waals surface area contributed by atoms with Crippen LogP contribution in [0, 0.1) is 18.5 Å². The maximum absolute atomic E-state index is 6.37. The zero-order valence-corrected chi connectivity index (χ0v) is 32.5. The second kappa shape index (κ2) is 13.0. The van der Waals surface area contributed by atoms with E-state index in [0.717, 1.165) is 39.0 Å². The summed E-state index contributed by atoms with van der Waals surface area (Å²) >= 11 is 0. The molecule has 0 aliphatic heterocycles. The third-order valence-corrected chi connectivity index (χ3v) is 9.03. The largest absolute Gasteiger partial charge is 0.508 e. The summed E-state index contributed by atoms with van der Waals surface area (Å²) in [6, 6.07) is 30.4. The number of imidazole rings is 1. The van der Waals surface area contributed by atoms with Crippen molar-refractivity contribution < 1.29 is 30.4 Å². The summed E-state index contributed by atoms with van der Waals surface area (Å²) in [5.41, 5.74) is 7.57. The Balaban J connectivity index is 0.00000432. The van der Waals surface area contributed by atoms with Gasteiger partial charge in [0.25, 0.3) is 6.33 Å². The van der Waals surface area contributed by atoms with Gasteiger partial charge in [-0.3, -0.25) is 4.57 Å². The minimum absolute atomic E-state index is 0. The topological polar surface area (TPSA) is 48.8 Å². The van der Waals surface area contributed by atoms with Gasteiger partial charge in [-0.15, -0.1) is 23.6 Å². The second-order valence-corrected chi connectivity index (χ2v) is 15.9. The Kier molecular flexibility index (Phi) is 9.15. The number of hydrogen-bond acceptors (Lipinski definition) is 3. The molecule has 0 bridgehead atoms. The maximum atomic E-state index is 6.37. The molecule has 0 unspecified atom stereocenters. The Morgan fingerprint density at radius 3 is 2.10 bits per heavy atom. The molecule has 50 heavy (non-hydrogen) atoms. The molecule has 258 valence electrons. The third-order valence-electron chi connectivity index (χ3n) is 9.03. The minimum atomic E-state index is -0.00939. The van der Waals surface area contributed by atoms with Crippen molar-refractivity contribution in [2.75, 3.05) is 0 Å². The standard InChI is InChI=1S/C43H43N5O.Pt/c1-41(2,3)29-16-17-45-40(23-29)48-38-13-11-10-12-36(38)37-15-14-34(25-39(37)48)49-35-24-33(26-44-27-35)47-19-18-46(28-47)32-21-30(42(4,5)6)20-31(22-32)43(7,8)9;/h10-23,26-27H,1-9H3;/q-2;. The van der Waals surface area contributed by atoms with Gasteiger partial charge in [-0.2, -0.15) is 6.07 Å². The van der Waals surface area contributed by atoms with Crippen LogP contribution in [0.25, 0.3) is 39.0 Å². The molecule has 0 saturated carbocycles. The van der Waals surface area contributed by atoms with E-state index in [9.17, 15) is 0 Å². The van der Waals surface area contributed by atoms with Crippen molar-refractivity contribution in [3.63, 3.8) is 0 Å². The van der Waals surface area contributed by atoms with Gasteiger partial charge in [0.05, 0.1) is 5.69 Å². The van der Waals surface area contributed by atoms with Crippen LogP contribution in [0.1, 0.15) is 79.0 Å². The van der Waals surface area contributed by atoms with Gasteiger partial charge in [0, 0.05) is 56.7 Å². The minimum Gasteiger partial charge on any atom is -0.508 e. The number of fused-ring (bicyclic) bond motifs is 3. The molecular formula is C43H43N5OPt-2. The van der Waals surface area contributed by atoms with Crippen molar-refractivity contribution >= 4 is 21.8 Å². The first kappa shape index (κ1) is 35.3. The number of nitrogens with zero attached hydrogens (tertiary/aromatic N) is 5. The first-order valence-corrected chi connectivity index (χ1v) is 16.8. The molecule has 0 fully saturated rings. The van der Waals surface area contributed by atoms with Crippen LogP contribution in [0.2, 0.25) is 0 Å². The van der Waals surface area contributed by atoms with E-state index in [1.807, 2.05) is 33.8 Å². The molecule has 3 aromatic carbocycles. The third kappa shape index (κ3) is 6.91. The number of para-hydroxylation sites is 1. The Bertz CT molecular complexity index is 2300. The summed E-state index contributed by atoms with van der Waals surface area (Å²) < 4.78 is 12.4. The zero-order chi connectivity index (χ0) is 34.7. The maximum Gasteiger partial charge on any atom is 0.267 e. The molecule has 0 atom stereocenters. The molecule has 0 radical (unpaired) electrons. The van der Waals surface area contributed by atoms with E-state index >= 15 is 0 Å². The predicted molar refractivity (Wildman–Crippen MR) is 196 cm³/mol. The number of ether oxygens (including phenoxy) is 1. The monoisotopic (exact) mass is 840 g/mol. The smallest absolute Gasteiger partial charge is 0.267 e. The molecule has 0 amide bonds. The summed E-state index contributed by atoms with van der Waals surface area (Å²) in [6.45, 7) is 20.1. The summed E-state index contributed by atoms with van der Waals surface area (Å²) in [5, 5.41) is 2.22. The van der Waals surface area contributed by atoms with Crippen LogP contribution in [0.3, 0.4) is 0 Å². The van der Waals surface area contributed by atoms with Crippen molar-refractivity contribution in [1.82, 2.24) is 19.1 Å². The molecule has 0 saturated heterocycles. The van der Waals surface area contributed by atoms with Crippen molar-refractivity contribution in [3.8, 4) is 28.7 Å². The molecule has 7 aromatic rings. The van der Waals surface area contributed by atoms with Crippen LogP contribution in [0.4, 0.5) is 0 Å². The molecular weight excluding hydrogens is 798 g/mol. The second-order valence-electron chi connectivity index (χ2n) is 15.9. The van der Waals surface area contributed by atoms with E-state index in [1.54, 1.807) is 12.4 Å². The summed E-state index contributed by atoms with van der Waals surface area (Å²) in [4.78, 5) is 9.28. The summed E-state index contributed by atoms with van der Waals surface area (Å²) in [5.74, 6) is 1.90. The number of rotatable bonds is 5. The van der Waals surface area contributed by atoms with Crippen LogP contribution in [-0.4, -0.2) is 19.1 Å². The molecule has 0 spiro atoms. The molecule has 6 nitrogen and oxygen atoms in total. The molecule has 4 heterocycles. The fourth-order valence-electron chi connectivity index (χ4n) is 6.05. The van der Waals surface area contributed by atoms with Crippen LogP contribution in [0.15, 0.2) is 97.7 Å². The quantitative estimate of drug-likeness (QED) is 0.128. The van der Waals surface area contributed by atoms with Gasteiger partial charge in [0.15, 0.2) is 0 Å². The van der Waals surface area contributed by atoms with Crippen LogP contribution < -0.4 is 9.30 Å². The Hall–Kier alpha value is -4.54. The molecule has 0 aliphatic carbocycles. The first-order chi connectivity index (χ1) is 23.1. The molecule has 0 N–H and O–H groups in total. The van der Waals surface area contributed by atoms with Crippen LogP contribution in [0.5, 0.6) is 11.5 Å². The van der Waals surface area contributed by atoms with E-state index in [-0.39, 0.29) is 37.3 Å². The zero-order valence-electron chi connectivity index (χ0n) is 30.2. The number of pyridine rings is 2. The van der Waals surface area contributed by atoms with Crippen LogP contribution >= 0.6 is 0 Å². The Morgan fingerprint density at radius 2 is 1.40 bits per heavy atom. The van der Waals surface area contributed by atoms with Gasteiger partial charge >= 0.3 is 0 Å². The van der Waals surface area contributed by atoms with Crippen molar-refractivity contribution in [1.29, 1.82) is 0 Å². The van der Waals surface area contributed by atoms with E-state index in [4.69, 9.17) is 9.72 Å². The van der Waals surface area contributed by atoms with Gasteiger partial charge in [0.2, 0.25) is 0 Å². The fraction of sp³-hybridized carbons (Fsp3) is 0.279. The van der Waals surface area contributed by atoms with Crippen molar-refractivity contribution in [3.05, 3.63) is 133 Å². The normalized spacial score (nSPS) is 12.3. The van der Waals surface area contributed by atoms with Gasteiger partial charge in [-0.1, -0.05) is 98.3 Å². The average Bonchev–Trinajstić information content (AvgIpc) is 3.67.